The number of fused-ring (bicyclic) bond motifs is 1. The molecule has 0 aliphatic carbocycles. The fourth-order valence-corrected chi connectivity index (χ4v) is 1.89. The molecule has 5 nitrogen and oxygen atoms in total. The molecule has 0 saturated heterocycles. The van der Waals surface area contributed by atoms with Crippen molar-refractivity contribution in [3.05, 3.63) is 36.2 Å². The molecule has 2 N–H and O–H groups in total. The van der Waals surface area contributed by atoms with Crippen LogP contribution < -0.4 is 10.6 Å². The predicted molar refractivity (Wildman–Crippen MR) is 79.1 cm³/mol. The number of amides is 1. The highest BCUT2D eigenvalue weighted by atomic mass is 16.1. The molecule has 2 aromatic rings. The number of carbonyl (C=O) groups is 1. The van der Waals surface area contributed by atoms with Crippen LogP contribution in [-0.2, 0) is 11.3 Å². The van der Waals surface area contributed by atoms with Crippen LogP contribution in [0.5, 0.6) is 0 Å². The highest BCUT2D eigenvalue weighted by Gasteiger charge is 2.03. The molecule has 1 amide bonds. The van der Waals surface area contributed by atoms with E-state index in [9.17, 15) is 4.79 Å². The van der Waals surface area contributed by atoms with Crippen LogP contribution in [0, 0.1) is 0 Å². The summed E-state index contributed by atoms with van der Waals surface area (Å²) in [6.45, 7) is 5.16. The lowest BCUT2D eigenvalue weighted by molar-refractivity contribution is -0.121. The van der Waals surface area contributed by atoms with Gasteiger partial charge in [-0.05, 0) is 26.0 Å². The summed E-state index contributed by atoms with van der Waals surface area (Å²) in [4.78, 5) is 20.3. The number of para-hydroxylation sites is 2. The molecule has 0 radical (unpaired) electrons. The maximum Gasteiger partial charge on any atom is 0.221 e. The number of nitrogens with zero attached hydrogens (tertiary/aromatic N) is 2. The Bertz CT molecular complexity index is 583. The molecule has 0 saturated carbocycles. The zero-order valence-electron chi connectivity index (χ0n) is 11.9. The van der Waals surface area contributed by atoms with E-state index in [-0.39, 0.29) is 11.9 Å². The molecular weight excluding hydrogens is 252 g/mol. The Balaban J connectivity index is 1.79. The monoisotopic (exact) mass is 272 g/mol. The largest absolute Gasteiger partial charge is 0.354 e. The van der Waals surface area contributed by atoms with Gasteiger partial charge in [0.05, 0.1) is 22.9 Å². The first-order valence-electron chi connectivity index (χ1n) is 6.86. The van der Waals surface area contributed by atoms with E-state index in [1.54, 1.807) is 6.20 Å². The zero-order chi connectivity index (χ0) is 14.4. The van der Waals surface area contributed by atoms with Gasteiger partial charge in [-0.3, -0.25) is 9.78 Å². The zero-order valence-corrected chi connectivity index (χ0v) is 11.9. The second kappa shape index (κ2) is 6.96. The van der Waals surface area contributed by atoms with Crippen LogP contribution in [0.15, 0.2) is 30.5 Å². The SMILES string of the molecule is CC(C)NC(=O)CCNCc1cnc2ccccc2n1. The van der Waals surface area contributed by atoms with Crippen molar-refractivity contribution < 1.29 is 4.79 Å². The molecule has 1 heterocycles. The summed E-state index contributed by atoms with van der Waals surface area (Å²) in [5, 5.41) is 6.07. The van der Waals surface area contributed by atoms with Gasteiger partial charge in [0.15, 0.2) is 0 Å². The average Bonchev–Trinajstić information content (AvgIpc) is 2.43. The smallest absolute Gasteiger partial charge is 0.221 e. The first kappa shape index (κ1) is 14.4. The number of carbonyl (C=O) groups excluding carboxylic acids is 1. The molecule has 106 valence electrons. The van der Waals surface area contributed by atoms with Crippen molar-refractivity contribution in [3.8, 4) is 0 Å². The average molecular weight is 272 g/mol. The van der Waals surface area contributed by atoms with Crippen molar-refractivity contribution >= 4 is 16.9 Å². The Hall–Kier alpha value is -2.01. The minimum atomic E-state index is 0.0668. The summed E-state index contributed by atoms with van der Waals surface area (Å²) in [5.41, 5.74) is 2.67. The van der Waals surface area contributed by atoms with Crippen molar-refractivity contribution in [2.45, 2.75) is 32.9 Å². The van der Waals surface area contributed by atoms with Gasteiger partial charge in [0, 0.05) is 25.6 Å². The van der Waals surface area contributed by atoms with Crippen LogP contribution in [0.4, 0.5) is 0 Å². The molecule has 0 aliphatic heterocycles. The highest BCUT2D eigenvalue weighted by Crippen LogP contribution is 2.08. The highest BCUT2D eigenvalue weighted by molar-refractivity contribution is 5.76. The Morgan fingerprint density at radius 2 is 2.00 bits per heavy atom. The molecular formula is C15H20N4O. The lowest BCUT2D eigenvalue weighted by Gasteiger charge is -2.08. The van der Waals surface area contributed by atoms with E-state index in [1.165, 1.54) is 0 Å². The van der Waals surface area contributed by atoms with Crippen molar-refractivity contribution in [2.24, 2.45) is 0 Å². The molecule has 1 aromatic carbocycles. The van der Waals surface area contributed by atoms with E-state index in [4.69, 9.17) is 0 Å². The van der Waals surface area contributed by atoms with Gasteiger partial charge in [-0.2, -0.15) is 0 Å². The Kier molecular flexibility index (Phi) is 5.01. The topological polar surface area (TPSA) is 66.9 Å². The number of aromatic nitrogens is 2. The summed E-state index contributed by atoms with van der Waals surface area (Å²) >= 11 is 0. The molecule has 5 heteroatoms. The van der Waals surface area contributed by atoms with E-state index < -0.39 is 0 Å². The summed E-state index contributed by atoms with van der Waals surface area (Å²) in [6.07, 6.45) is 2.24. The van der Waals surface area contributed by atoms with E-state index in [0.717, 1.165) is 16.7 Å². The fourth-order valence-electron chi connectivity index (χ4n) is 1.89. The third-order valence-corrected chi connectivity index (χ3v) is 2.78. The number of rotatable bonds is 6. The molecule has 0 fully saturated rings. The van der Waals surface area contributed by atoms with Gasteiger partial charge in [0.1, 0.15) is 0 Å². The lowest BCUT2D eigenvalue weighted by Crippen LogP contribution is -2.32. The Morgan fingerprint density at radius 1 is 1.25 bits per heavy atom. The van der Waals surface area contributed by atoms with Crippen molar-refractivity contribution in [2.75, 3.05) is 6.54 Å². The Morgan fingerprint density at radius 3 is 2.75 bits per heavy atom. The number of benzene rings is 1. The van der Waals surface area contributed by atoms with Crippen LogP contribution in [0.2, 0.25) is 0 Å². The van der Waals surface area contributed by atoms with Crippen molar-refractivity contribution in [1.29, 1.82) is 0 Å². The second-order valence-corrected chi connectivity index (χ2v) is 5.00. The standard InChI is InChI=1S/C15H20N4O/c1-11(2)18-15(20)7-8-16-9-12-10-17-13-5-3-4-6-14(13)19-12/h3-6,10-11,16H,7-9H2,1-2H3,(H,18,20). The van der Waals surface area contributed by atoms with Crippen LogP contribution in [0.3, 0.4) is 0 Å². The van der Waals surface area contributed by atoms with E-state index in [0.29, 0.717) is 19.5 Å². The molecule has 0 spiro atoms. The second-order valence-electron chi connectivity index (χ2n) is 5.00. The van der Waals surface area contributed by atoms with Gasteiger partial charge in [-0.25, -0.2) is 4.98 Å². The van der Waals surface area contributed by atoms with Crippen LogP contribution >= 0.6 is 0 Å². The summed E-state index contributed by atoms with van der Waals surface area (Å²) in [5.74, 6) is 0.0668. The number of hydrogen-bond acceptors (Lipinski definition) is 4. The van der Waals surface area contributed by atoms with Gasteiger partial charge in [0.25, 0.3) is 0 Å². The minimum absolute atomic E-state index is 0.0668. The van der Waals surface area contributed by atoms with Crippen molar-refractivity contribution in [3.63, 3.8) is 0 Å². The summed E-state index contributed by atoms with van der Waals surface area (Å²) in [7, 11) is 0. The fraction of sp³-hybridized carbons (Fsp3) is 0.400. The lowest BCUT2D eigenvalue weighted by atomic mass is 10.3. The first-order valence-corrected chi connectivity index (χ1v) is 6.86. The third kappa shape index (κ3) is 4.28. The van der Waals surface area contributed by atoms with Crippen molar-refractivity contribution in [1.82, 2.24) is 20.6 Å². The summed E-state index contributed by atoms with van der Waals surface area (Å²) < 4.78 is 0. The predicted octanol–water partition coefficient (Wildman–Crippen LogP) is 1.63. The number of nitrogens with one attached hydrogen (secondary N) is 2. The summed E-state index contributed by atoms with van der Waals surface area (Å²) in [6, 6.07) is 7.97. The van der Waals surface area contributed by atoms with Crippen LogP contribution in [0.1, 0.15) is 26.0 Å². The minimum Gasteiger partial charge on any atom is -0.354 e. The van der Waals surface area contributed by atoms with Gasteiger partial charge < -0.3 is 10.6 Å². The van der Waals surface area contributed by atoms with Crippen LogP contribution in [0.25, 0.3) is 11.0 Å². The van der Waals surface area contributed by atoms with E-state index in [1.807, 2.05) is 38.1 Å². The third-order valence-electron chi connectivity index (χ3n) is 2.78. The molecule has 1 aromatic heterocycles. The maximum atomic E-state index is 11.5. The number of hydrogen-bond donors (Lipinski definition) is 2. The van der Waals surface area contributed by atoms with Gasteiger partial charge in [-0.15, -0.1) is 0 Å². The molecule has 20 heavy (non-hydrogen) atoms. The normalized spacial score (nSPS) is 10.9. The molecule has 0 bridgehead atoms. The maximum absolute atomic E-state index is 11.5. The quantitative estimate of drug-likeness (QED) is 0.784. The van der Waals surface area contributed by atoms with Gasteiger partial charge in [0.2, 0.25) is 5.91 Å². The molecule has 2 rings (SSSR count). The molecule has 0 unspecified atom stereocenters. The first-order chi connectivity index (χ1) is 9.65. The van der Waals surface area contributed by atoms with E-state index >= 15 is 0 Å². The van der Waals surface area contributed by atoms with E-state index in [2.05, 4.69) is 20.6 Å². The molecule has 0 atom stereocenters. The molecule has 0 aliphatic rings. The van der Waals surface area contributed by atoms with Gasteiger partial charge in [-0.1, -0.05) is 12.1 Å². The van der Waals surface area contributed by atoms with Crippen LogP contribution in [-0.4, -0.2) is 28.5 Å². The Labute approximate surface area is 118 Å². The van der Waals surface area contributed by atoms with Gasteiger partial charge >= 0.3 is 0 Å².